The molecule has 0 saturated carbocycles. The fourth-order valence-corrected chi connectivity index (χ4v) is 3.17. The normalized spacial score (nSPS) is 12.5. The number of benzene rings is 1. The number of thiophene rings is 1. The van der Waals surface area contributed by atoms with Gasteiger partial charge < -0.3 is 10.1 Å². The molecule has 0 amide bonds. The van der Waals surface area contributed by atoms with Crippen LogP contribution < -0.4 is 10.1 Å². The van der Waals surface area contributed by atoms with Crippen molar-refractivity contribution in [2.24, 2.45) is 0 Å². The number of fused-ring (bicyclic) bond motifs is 1. The van der Waals surface area contributed by atoms with Crippen molar-refractivity contribution in [1.82, 2.24) is 10.3 Å². The van der Waals surface area contributed by atoms with E-state index in [4.69, 9.17) is 4.74 Å². The summed E-state index contributed by atoms with van der Waals surface area (Å²) in [7, 11) is 1.90. The standard InChI is InChI=1S/C17H17FN2OS/c1-19-9-8-15(16-5-6-17(18)22-16)21-14-4-2-3-12-7-10-20-11-13(12)14/h2-7,10-11,15,19H,8-9H2,1H3/t15-/m0/s1. The second kappa shape index (κ2) is 6.85. The van der Waals surface area contributed by atoms with Crippen LogP contribution in [-0.2, 0) is 0 Å². The van der Waals surface area contributed by atoms with Crippen LogP contribution in [0.4, 0.5) is 4.39 Å². The fraction of sp³-hybridized carbons (Fsp3) is 0.235. The summed E-state index contributed by atoms with van der Waals surface area (Å²) >= 11 is 1.14. The summed E-state index contributed by atoms with van der Waals surface area (Å²) in [5.74, 6) is 0.778. The Morgan fingerprint density at radius 1 is 1.27 bits per heavy atom. The van der Waals surface area contributed by atoms with Crippen molar-refractivity contribution in [3.8, 4) is 5.75 Å². The van der Waals surface area contributed by atoms with Gasteiger partial charge in [0.25, 0.3) is 0 Å². The Labute approximate surface area is 132 Å². The zero-order valence-electron chi connectivity index (χ0n) is 12.3. The molecule has 0 fully saturated rings. The lowest BCUT2D eigenvalue weighted by molar-refractivity contribution is 0.201. The molecule has 22 heavy (non-hydrogen) atoms. The lowest BCUT2D eigenvalue weighted by Gasteiger charge is -2.19. The number of halogens is 1. The van der Waals surface area contributed by atoms with Crippen LogP contribution >= 0.6 is 11.3 Å². The molecule has 0 saturated heterocycles. The molecule has 0 spiro atoms. The van der Waals surface area contributed by atoms with E-state index in [0.717, 1.165) is 45.7 Å². The number of hydrogen-bond donors (Lipinski definition) is 1. The van der Waals surface area contributed by atoms with Crippen molar-refractivity contribution in [2.75, 3.05) is 13.6 Å². The molecule has 3 rings (SSSR count). The van der Waals surface area contributed by atoms with E-state index >= 15 is 0 Å². The number of pyridine rings is 1. The van der Waals surface area contributed by atoms with Crippen molar-refractivity contribution in [3.63, 3.8) is 0 Å². The van der Waals surface area contributed by atoms with Crippen molar-refractivity contribution >= 4 is 22.1 Å². The molecule has 0 aliphatic rings. The molecule has 2 heterocycles. The number of rotatable bonds is 6. The van der Waals surface area contributed by atoms with E-state index in [0.29, 0.717) is 0 Å². The molecule has 2 aromatic heterocycles. The predicted octanol–water partition coefficient (Wildman–Crippen LogP) is 4.17. The van der Waals surface area contributed by atoms with Crippen LogP contribution in [0.15, 0.2) is 48.8 Å². The highest BCUT2D eigenvalue weighted by molar-refractivity contribution is 7.10. The number of ether oxygens (including phenoxy) is 1. The number of aromatic nitrogens is 1. The molecule has 0 aliphatic heterocycles. The minimum atomic E-state index is -0.187. The smallest absolute Gasteiger partial charge is 0.176 e. The summed E-state index contributed by atoms with van der Waals surface area (Å²) < 4.78 is 19.5. The molecule has 5 heteroatoms. The van der Waals surface area contributed by atoms with Crippen LogP contribution in [-0.4, -0.2) is 18.6 Å². The second-order valence-corrected chi connectivity index (χ2v) is 6.06. The average Bonchev–Trinajstić information content (AvgIpc) is 2.98. The highest BCUT2D eigenvalue weighted by atomic mass is 32.1. The van der Waals surface area contributed by atoms with E-state index in [9.17, 15) is 4.39 Å². The van der Waals surface area contributed by atoms with Gasteiger partial charge in [-0.05, 0) is 43.2 Å². The first kappa shape index (κ1) is 14.9. The summed E-state index contributed by atoms with van der Waals surface area (Å²) in [6.07, 6.45) is 4.16. The Kier molecular flexibility index (Phi) is 4.65. The summed E-state index contributed by atoms with van der Waals surface area (Å²) in [4.78, 5) is 5.07. The molecule has 1 atom stereocenters. The summed E-state index contributed by atoms with van der Waals surface area (Å²) in [5.41, 5.74) is 0. The molecule has 0 bridgehead atoms. The van der Waals surface area contributed by atoms with E-state index in [-0.39, 0.29) is 11.2 Å². The van der Waals surface area contributed by atoms with Gasteiger partial charge in [0.05, 0.1) is 0 Å². The molecule has 0 unspecified atom stereocenters. The third kappa shape index (κ3) is 3.26. The summed E-state index contributed by atoms with van der Waals surface area (Å²) in [5, 5.41) is 4.98. The third-order valence-corrected chi connectivity index (χ3v) is 4.45. The minimum Gasteiger partial charge on any atom is -0.484 e. The van der Waals surface area contributed by atoms with Gasteiger partial charge in [0.15, 0.2) is 5.13 Å². The zero-order valence-corrected chi connectivity index (χ0v) is 13.1. The fourth-order valence-electron chi connectivity index (χ4n) is 2.38. The average molecular weight is 316 g/mol. The number of hydrogen-bond acceptors (Lipinski definition) is 4. The van der Waals surface area contributed by atoms with Crippen molar-refractivity contribution in [3.05, 3.63) is 58.8 Å². The van der Waals surface area contributed by atoms with Gasteiger partial charge in [-0.15, -0.1) is 11.3 Å². The van der Waals surface area contributed by atoms with Gasteiger partial charge >= 0.3 is 0 Å². The van der Waals surface area contributed by atoms with Crippen LogP contribution in [0.25, 0.3) is 10.8 Å². The maximum Gasteiger partial charge on any atom is 0.176 e. The first-order valence-electron chi connectivity index (χ1n) is 7.17. The van der Waals surface area contributed by atoms with E-state index in [1.807, 2.05) is 31.3 Å². The van der Waals surface area contributed by atoms with Gasteiger partial charge in [-0.1, -0.05) is 12.1 Å². The summed E-state index contributed by atoms with van der Waals surface area (Å²) in [6.45, 7) is 0.799. The lowest BCUT2D eigenvalue weighted by atomic mass is 10.1. The topological polar surface area (TPSA) is 34.1 Å². The molecule has 0 radical (unpaired) electrons. The minimum absolute atomic E-state index is 0.173. The van der Waals surface area contributed by atoms with E-state index in [1.54, 1.807) is 18.5 Å². The predicted molar refractivity (Wildman–Crippen MR) is 87.9 cm³/mol. The molecule has 0 aliphatic carbocycles. The van der Waals surface area contributed by atoms with Crippen molar-refractivity contribution in [1.29, 1.82) is 0 Å². The SMILES string of the molecule is CNCC[C@H](Oc1cccc2ccncc12)c1ccc(F)s1. The van der Waals surface area contributed by atoms with E-state index < -0.39 is 0 Å². The van der Waals surface area contributed by atoms with Gasteiger partial charge in [-0.25, -0.2) is 0 Å². The first-order chi connectivity index (χ1) is 10.8. The number of nitrogens with one attached hydrogen (secondary N) is 1. The van der Waals surface area contributed by atoms with E-state index in [2.05, 4.69) is 10.3 Å². The Morgan fingerprint density at radius 2 is 2.18 bits per heavy atom. The Bertz CT molecular complexity index is 754. The van der Waals surface area contributed by atoms with E-state index in [1.165, 1.54) is 6.07 Å². The van der Waals surface area contributed by atoms with Gasteiger partial charge in [-0.3, -0.25) is 4.98 Å². The number of nitrogens with zero attached hydrogens (tertiary/aromatic N) is 1. The highest BCUT2D eigenvalue weighted by Gasteiger charge is 2.17. The van der Waals surface area contributed by atoms with Gasteiger partial charge in [0, 0.05) is 29.1 Å². The third-order valence-electron chi connectivity index (χ3n) is 3.48. The van der Waals surface area contributed by atoms with Crippen LogP contribution in [0.3, 0.4) is 0 Å². The summed E-state index contributed by atoms with van der Waals surface area (Å²) in [6, 6.07) is 11.2. The van der Waals surface area contributed by atoms with Crippen LogP contribution in [0, 0.1) is 5.13 Å². The molecule has 114 valence electrons. The zero-order chi connectivity index (χ0) is 15.4. The largest absolute Gasteiger partial charge is 0.484 e. The van der Waals surface area contributed by atoms with Crippen LogP contribution in [0.5, 0.6) is 5.75 Å². The molecular formula is C17H17FN2OS. The Morgan fingerprint density at radius 3 is 2.95 bits per heavy atom. The Hall–Kier alpha value is -1.98. The molecule has 3 nitrogen and oxygen atoms in total. The quantitative estimate of drug-likeness (QED) is 0.741. The van der Waals surface area contributed by atoms with Crippen molar-refractivity contribution < 1.29 is 9.13 Å². The lowest BCUT2D eigenvalue weighted by Crippen LogP contribution is -2.15. The van der Waals surface area contributed by atoms with Crippen molar-refractivity contribution in [2.45, 2.75) is 12.5 Å². The molecule has 1 N–H and O–H groups in total. The second-order valence-electron chi connectivity index (χ2n) is 4.99. The highest BCUT2D eigenvalue weighted by Crippen LogP contribution is 2.33. The maximum absolute atomic E-state index is 13.3. The molecular weight excluding hydrogens is 299 g/mol. The van der Waals surface area contributed by atoms with Gasteiger partial charge in [-0.2, -0.15) is 4.39 Å². The molecule has 3 aromatic rings. The van der Waals surface area contributed by atoms with Crippen LogP contribution in [0.2, 0.25) is 0 Å². The van der Waals surface area contributed by atoms with Crippen LogP contribution in [0.1, 0.15) is 17.4 Å². The monoisotopic (exact) mass is 316 g/mol. The van der Waals surface area contributed by atoms with Gasteiger partial charge in [0.2, 0.25) is 0 Å². The van der Waals surface area contributed by atoms with Gasteiger partial charge in [0.1, 0.15) is 11.9 Å². The first-order valence-corrected chi connectivity index (χ1v) is 7.99. The molecule has 1 aromatic carbocycles. The maximum atomic E-state index is 13.3. The Balaban J connectivity index is 1.91.